The molecule has 1 saturated carbocycles. The summed E-state index contributed by atoms with van der Waals surface area (Å²) < 4.78 is 20.5. The molecule has 1 aliphatic carbocycles. The smallest absolute Gasteiger partial charge is 0.227 e. The van der Waals surface area contributed by atoms with Crippen LogP contribution in [0.25, 0.3) is 0 Å². The number of benzene rings is 1. The molecule has 5 unspecified atom stereocenters. The van der Waals surface area contributed by atoms with Crippen LogP contribution in [0.4, 0.5) is 10.3 Å². The lowest BCUT2D eigenvalue weighted by molar-refractivity contribution is -0.136. The summed E-state index contributed by atoms with van der Waals surface area (Å²) in [4.78, 5) is 25.1. The van der Waals surface area contributed by atoms with E-state index in [0.717, 1.165) is 31.9 Å². The molecule has 3 heterocycles. The summed E-state index contributed by atoms with van der Waals surface area (Å²) in [7, 11) is 0. The molecule has 5 rings (SSSR count). The highest BCUT2D eigenvalue weighted by atomic mass is 35.5. The number of piperidine rings is 1. The van der Waals surface area contributed by atoms with Gasteiger partial charge >= 0.3 is 0 Å². The van der Waals surface area contributed by atoms with Gasteiger partial charge in [-0.25, -0.2) is 14.4 Å². The minimum atomic E-state index is -1.67. The van der Waals surface area contributed by atoms with Crippen LogP contribution in [0, 0.1) is 29.5 Å². The molecule has 3 fully saturated rings. The first-order valence-corrected chi connectivity index (χ1v) is 15.5. The van der Waals surface area contributed by atoms with E-state index in [9.17, 15) is 29.6 Å². The summed E-state index contributed by atoms with van der Waals surface area (Å²) >= 11 is 5.88. The number of aliphatic hydroxyl groups excluding tert-OH is 5. The Morgan fingerprint density at radius 2 is 1.75 bits per heavy atom. The molecule has 6 N–H and O–H groups in total. The Kier molecular flexibility index (Phi) is 10.9. The Morgan fingerprint density at radius 3 is 2.41 bits per heavy atom. The normalized spacial score (nSPS) is 23.9. The van der Waals surface area contributed by atoms with Crippen molar-refractivity contribution in [1.29, 1.82) is 0 Å². The van der Waals surface area contributed by atoms with Crippen molar-refractivity contribution in [3.8, 4) is 5.75 Å². The number of nitrogens with one attached hydrogen (secondary N) is 1. The molecule has 3 aliphatic rings. The maximum absolute atomic E-state index is 14.7. The molecule has 44 heavy (non-hydrogen) atoms. The fourth-order valence-electron chi connectivity index (χ4n) is 6.28. The average Bonchev–Trinajstić information content (AvgIpc) is 3.43. The molecule has 1 aromatic carbocycles. The van der Waals surface area contributed by atoms with E-state index in [1.807, 2.05) is 0 Å². The first kappa shape index (κ1) is 32.7. The van der Waals surface area contributed by atoms with Crippen LogP contribution in [0.1, 0.15) is 18.4 Å². The Morgan fingerprint density at radius 1 is 1.07 bits per heavy atom. The number of halogens is 2. The number of amides is 1. The molecule has 0 radical (unpaired) electrons. The highest BCUT2D eigenvalue weighted by molar-refractivity contribution is 6.30. The monoisotopic (exact) mass is 637 g/mol. The van der Waals surface area contributed by atoms with E-state index in [1.54, 1.807) is 29.4 Å². The van der Waals surface area contributed by atoms with Crippen molar-refractivity contribution in [2.24, 2.45) is 23.7 Å². The van der Waals surface area contributed by atoms with E-state index >= 15 is 0 Å². The van der Waals surface area contributed by atoms with Crippen LogP contribution in [-0.2, 0) is 11.2 Å². The number of hydrogen-bond donors (Lipinski definition) is 6. The second kappa shape index (κ2) is 14.6. The van der Waals surface area contributed by atoms with Crippen LogP contribution in [0.3, 0.4) is 0 Å². The van der Waals surface area contributed by atoms with E-state index in [4.69, 9.17) is 21.4 Å². The first-order chi connectivity index (χ1) is 21.1. The lowest BCUT2D eigenvalue weighted by Crippen LogP contribution is -2.55. The predicted octanol–water partition coefficient (Wildman–Crippen LogP) is -0.163. The molecule has 242 valence electrons. The van der Waals surface area contributed by atoms with E-state index in [2.05, 4.69) is 20.2 Å². The van der Waals surface area contributed by atoms with Crippen molar-refractivity contribution < 1.29 is 39.5 Å². The summed E-state index contributed by atoms with van der Waals surface area (Å²) in [5.41, 5.74) is 0.310. The molecule has 2 aromatic rings. The summed E-state index contributed by atoms with van der Waals surface area (Å²) in [6, 6.07) is 4.62. The number of hydrogen-bond acceptors (Lipinski definition) is 11. The molecular formula is C30H41ClFN5O7. The van der Waals surface area contributed by atoms with Crippen LogP contribution >= 0.6 is 11.6 Å². The number of carbonyl (C=O) groups excluding carboxylic acids is 1. The number of rotatable bonds is 16. The zero-order valence-electron chi connectivity index (χ0n) is 24.4. The molecule has 2 saturated heterocycles. The van der Waals surface area contributed by atoms with Gasteiger partial charge in [-0.3, -0.25) is 4.79 Å². The minimum Gasteiger partial charge on any atom is -0.493 e. The lowest BCUT2D eigenvalue weighted by Gasteiger charge is -2.39. The largest absolute Gasteiger partial charge is 0.493 e. The number of aromatic nitrogens is 2. The fourth-order valence-corrected chi connectivity index (χ4v) is 6.37. The Hall–Kier alpha value is -2.65. The van der Waals surface area contributed by atoms with Crippen LogP contribution in [-0.4, -0.2) is 123 Å². The van der Waals surface area contributed by atoms with E-state index in [-0.39, 0.29) is 24.8 Å². The Balaban J connectivity index is 0.938. The molecule has 12 nitrogen and oxygen atoms in total. The first-order valence-electron chi connectivity index (χ1n) is 15.1. The quantitative estimate of drug-likeness (QED) is 0.135. The number of fused-ring (bicyclic) bond motifs is 1. The molecule has 0 spiro atoms. The zero-order valence-corrected chi connectivity index (χ0v) is 25.1. The molecule has 14 heteroatoms. The Bertz CT molecular complexity index is 1240. The third-order valence-corrected chi connectivity index (χ3v) is 9.19. The number of anilines is 1. The SMILES string of the molecule is O=C(Cc1ccc(OCCCC2[C@H]3CN(c4ncc(Cl)cn4)C[C@@H]23)cc1F)N1CC(CNCC(O)C(O)C(O)C(O)CO)C1. The van der Waals surface area contributed by atoms with Gasteiger partial charge in [0.1, 0.15) is 29.9 Å². The third-order valence-electron chi connectivity index (χ3n) is 9.00. The van der Waals surface area contributed by atoms with Gasteiger partial charge in [-0.2, -0.15) is 0 Å². The molecule has 1 aromatic heterocycles. The topological polar surface area (TPSA) is 172 Å². The summed E-state index contributed by atoms with van der Waals surface area (Å²) in [5.74, 6) is 2.63. The van der Waals surface area contributed by atoms with Gasteiger partial charge < -0.3 is 45.4 Å². The molecule has 0 bridgehead atoms. The van der Waals surface area contributed by atoms with Gasteiger partial charge in [0.2, 0.25) is 11.9 Å². The number of likely N-dealkylation sites (tertiary alicyclic amines) is 1. The summed E-state index contributed by atoms with van der Waals surface area (Å²) in [6.45, 7) is 3.06. The standard InChI is InChI=1S/C30H41ClFN5O7/c31-19-9-34-30(35-10-19)37-14-22-21(23(22)15-37)2-1-5-44-20-4-3-18(24(32)7-20)6-27(41)36-12-17(13-36)8-33-11-25(39)28(42)29(43)26(40)16-38/h3-4,7,9-10,17,21-23,25-26,28-29,33,38-40,42-43H,1-2,5-6,8,11-16H2/t21?,22-,23+,25?,26?,28?,29?. The fraction of sp³-hybridized carbons (Fsp3) is 0.633. The third kappa shape index (κ3) is 7.94. The van der Waals surface area contributed by atoms with Crippen molar-refractivity contribution >= 4 is 23.5 Å². The highest BCUT2D eigenvalue weighted by Gasteiger charge is 2.55. The van der Waals surface area contributed by atoms with Gasteiger partial charge in [-0.15, -0.1) is 0 Å². The van der Waals surface area contributed by atoms with Gasteiger partial charge in [0, 0.05) is 51.3 Å². The zero-order chi connectivity index (χ0) is 31.4. The number of aliphatic hydroxyl groups is 5. The van der Waals surface area contributed by atoms with Crippen molar-refractivity contribution in [2.75, 3.05) is 57.4 Å². The van der Waals surface area contributed by atoms with Crippen molar-refractivity contribution in [3.05, 3.63) is 47.0 Å². The molecule has 2 aliphatic heterocycles. The van der Waals surface area contributed by atoms with Crippen molar-refractivity contribution in [2.45, 2.75) is 43.7 Å². The van der Waals surface area contributed by atoms with Crippen LogP contribution in [0.15, 0.2) is 30.6 Å². The minimum absolute atomic E-state index is 0.0399. The molecule has 7 atom stereocenters. The van der Waals surface area contributed by atoms with Gasteiger partial charge in [0.05, 0.1) is 43.2 Å². The van der Waals surface area contributed by atoms with Crippen LogP contribution in [0.2, 0.25) is 5.02 Å². The van der Waals surface area contributed by atoms with Gasteiger partial charge in [-0.1, -0.05) is 17.7 Å². The average molecular weight is 638 g/mol. The summed E-state index contributed by atoms with van der Waals surface area (Å²) in [5, 5.41) is 51.2. The van der Waals surface area contributed by atoms with Gasteiger partial charge in [-0.05, 0) is 42.2 Å². The molecule has 1 amide bonds. The van der Waals surface area contributed by atoms with Gasteiger partial charge in [0.15, 0.2) is 0 Å². The lowest BCUT2D eigenvalue weighted by atomic mass is 9.98. The molecular weight excluding hydrogens is 597 g/mol. The second-order valence-corrected chi connectivity index (χ2v) is 12.6. The highest BCUT2D eigenvalue weighted by Crippen LogP contribution is 2.54. The van der Waals surface area contributed by atoms with Crippen molar-refractivity contribution in [3.63, 3.8) is 0 Å². The van der Waals surface area contributed by atoms with E-state index in [0.29, 0.717) is 60.3 Å². The van der Waals surface area contributed by atoms with Crippen molar-refractivity contribution in [1.82, 2.24) is 20.2 Å². The second-order valence-electron chi connectivity index (χ2n) is 12.1. The van der Waals surface area contributed by atoms with Crippen LogP contribution in [0.5, 0.6) is 5.75 Å². The number of nitrogens with zero attached hydrogens (tertiary/aromatic N) is 4. The van der Waals surface area contributed by atoms with E-state index < -0.39 is 36.8 Å². The number of carbonyl (C=O) groups is 1. The van der Waals surface area contributed by atoms with Crippen LogP contribution < -0.4 is 15.0 Å². The van der Waals surface area contributed by atoms with Gasteiger partial charge in [0.25, 0.3) is 0 Å². The number of ether oxygens (including phenoxy) is 1. The predicted molar refractivity (Wildman–Crippen MR) is 159 cm³/mol. The maximum Gasteiger partial charge on any atom is 0.227 e. The summed E-state index contributed by atoms with van der Waals surface area (Å²) in [6.07, 6.45) is -1.06. The maximum atomic E-state index is 14.7. The Labute approximate surface area is 260 Å². The van der Waals surface area contributed by atoms with E-state index in [1.165, 1.54) is 6.07 Å².